The second-order valence-corrected chi connectivity index (χ2v) is 9.74. The number of hydrogen-bond acceptors (Lipinski definition) is 9. The highest BCUT2D eigenvalue weighted by Crippen LogP contribution is 2.28. The predicted molar refractivity (Wildman–Crippen MR) is 137 cm³/mol. The lowest BCUT2D eigenvalue weighted by Crippen LogP contribution is -2.55. The van der Waals surface area contributed by atoms with Crippen LogP contribution in [0, 0.1) is 0 Å². The van der Waals surface area contributed by atoms with Gasteiger partial charge in [0, 0.05) is 39.3 Å². The number of morpholine rings is 1. The molecule has 38 heavy (non-hydrogen) atoms. The van der Waals surface area contributed by atoms with Crippen molar-refractivity contribution in [2.75, 3.05) is 68.8 Å². The number of amides is 1. The van der Waals surface area contributed by atoms with Crippen LogP contribution in [0.15, 0.2) is 24.3 Å². The maximum Gasteiger partial charge on any atom is 0.296 e. The molecule has 13 heteroatoms. The number of benzene rings is 1. The van der Waals surface area contributed by atoms with Gasteiger partial charge in [-0.2, -0.15) is 15.0 Å². The van der Waals surface area contributed by atoms with Crippen LogP contribution in [0.3, 0.4) is 0 Å². The summed E-state index contributed by atoms with van der Waals surface area (Å²) in [6, 6.07) is 6.85. The molecular formula is C25H31F2N9O2. The molecule has 2 aromatic heterocycles. The Bertz CT molecular complexity index is 1280. The van der Waals surface area contributed by atoms with E-state index in [0.717, 1.165) is 25.8 Å². The van der Waals surface area contributed by atoms with E-state index >= 15 is 0 Å². The van der Waals surface area contributed by atoms with Crippen molar-refractivity contribution in [2.24, 2.45) is 0 Å². The van der Waals surface area contributed by atoms with Gasteiger partial charge in [-0.3, -0.25) is 9.36 Å². The van der Waals surface area contributed by atoms with Crippen LogP contribution in [0.1, 0.15) is 31.5 Å². The van der Waals surface area contributed by atoms with Crippen molar-refractivity contribution in [1.82, 2.24) is 34.7 Å². The summed E-state index contributed by atoms with van der Waals surface area (Å²) in [5.74, 6) is 0.645. The summed E-state index contributed by atoms with van der Waals surface area (Å²) >= 11 is 0. The van der Waals surface area contributed by atoms with Gasteiger partial charge in [-0.05, 0) is 31.5 Å². The van der Waals surface area contributed by atoms with E-state index in [1.165, 1.54) is 4.57 Å². The van der Waals surface area contributed by atoms with Crippen molar-refractivity contribution in [3.8, 4) is 5.95 Å². The van der Waals surface area contributed by atoms with Crippen molar-refractivity contribution in [3.05, 3.63) is 30.1 Å². The Morgan fingerprint density at radius 2 is 1.58 bits per heavy atom. The van der Waals surface area contributed by atoms with Gasteiger partial charge in [0.25, 0.3) is 6.43 Å². The molecule has 5 heterocycles. The summed E-state index contributed by atoms with van der Waals surface area (Å²) in [4.78, 5) is 37.1. The number of nitrogens with zero attached hydrogens (tertiary/aromatic N) is 8. The zero-order valence-electron chi connectivity index (χ0n) is 21.1. The van der Waals surface area contributed by atoms with E-state index in [2.05, 4.69) is 20.3 Å². The smallest absolute Gasteiger partial charge is 0.296 e. The molecule has 6 rings (SSSR count). The second kappa shape index (κ2) is 10.7. The first kappa shape index (κ1) is 24.9. The van der Waals surface area contributed by atoms with E-state index < -0.39 is 12.2 Å². The van der Waals surface area contributed by atoms with Crippen LogP contribution in [0.25, 0.3) is 17.0 Å². The molecule has 1 aromatic carbocycles. The minimum absolute atomic E-state index is 0.102. The Labute approximate surface area is 218 Å². The highest BCUT2D eigenvalue weighted by atomic mass is 19.3. The standard InChI is InChI=1S/C25H31F2N9O2/c26-20(27)21-29-17-5-1-2-7-19(17)36(21)25-31-23(30-24(32-25)35-13-15-38-16-14-35)34-11-9-33(10-12-34)22(37)18-6-3-4-8-28-18/h1-2,5,7,18,20,28H,3-4,6,8-16H2/t18-/m0/s1. The number of carbonyl (C=O) groups is 1. The molecule has 1 atom stereocenters. The van der Waals surface area contributed by atoms with Gasteiger partial charge < -0.3 is 24.8 Å². The molecule has 3 aliphatic rings. The Morgan fingerprint density at radius 1 is 0.895 bits per heavy atom. The lowest BCUT2D eigenvalue weighted by Gasteiger charge is -2.37. The zero-order valence-corrected chi connectivity index (χ0v) is 21.1. The number of hydrogen-bond donors (Lipinski definition) is 1. The van der Waals surface area contributed by atoms with E-state index in [1.54, 1.807) is 24.3 Å². The molecule has 0 radical (unpaired) electrons. The molecule has 0 aliphatic carbocycles. The van der Waals surface area contributed by atoms with Gasteiger partial charge in [0.2, 0.25) is 23.8 Å². The Hall–Kier alpha value is -3.45. The van der Waals surface area contributed by atoms with E-state index in [-0.39, 0.29) is 17.9 Å². The molecule has 3 saturated heterocycles. The van der Waals surface area contributed by atoms with Crippen molar-refractivity contribution >= 4 is 28.8 Å². The highest BCUT2D eigenvalue weighted by Gasteiger charge is 2.30. The summed E-state index contributed by atoms with van der Waals surface area (Å²) < 4.78 is 35.0. The maximum atomic E-state index is 14.1. The Balaban J connectivity index is 1.32. The number of rotatable bonds is 5. The number of imidazole rings is 1. The molecule has 1 N–H and O–H groups in total. The van der Waals surface area contributed by atoms with Crippen molar-refractivity contribution < 1.29 is 18.3 Å². The molecule has 0 bridgehead atoms. The molecule has 0 spiro atoms. The van der Waals surface area contributed by atoms with Gasteiger partial charge in [-0.1, -0.05) is 18.6 Å². The molecule has 3 aliphatic heterocycles. The maximum absolute atomic E-state index is 14.1. The van der Waals surface area contributed by atoms with Gasteiger partial charge in [-0.15, -0.1) is 0 Å². The number of carbonyl (C=O) groups excluding carboxylic acids is 1. The Morgan fingerprint density at radius 3 is 2.26 bits per heavy atom. The SMILES string of the molecule is O=C([C@@H]1CCCCN1)N1CCN(c2nc(N3CCOCC3)nc(-n3c(C(F)F)nc4ccccc43)n2)CC1. The molecule has 0 saturated carbocycles. The summed E-state index contributed by atoms with van der Waals surface area (Å²) in [6.45, 7) is 5.27. The molecule has 1 amide bonds. The topological polar surface area (TPSA) is 105 Å². The highest BCUT2D eigenvalue weighted by molar-refractivity contribution is 5.82. The van der Waals surface area contributed by atoms with Crippen LogP contribution < -0.4 is 15.1 Å². The third-order valence-electron chi connectivity index (χ3n) is 7.36. The molecule has 3 aromatic rings. The quantitative estimate of drug-likeness (QED) is 0.532. The van der Waals surface area contributed by atoms with Gasteiger partial charge in [0.1, 0.15) is 0 Å². The summed E-state index contributed by atoms with van der Waals surface area (Å²) in [7, 11) is 0. The van der Waals surface area contributed by atoms with Gasteiger partial charge in [0.15, 0.2) is 5.82 Å². The Kier molecular flexibility index (Phi) is 7.02. The fourth-order valence-corrected chi connectivity index (χ4v) is 5.30. The number of halogens is 2. The third-order valence-corrected chi connectivity index (χ3v) is 7.36. The predicted octanol–water partition coefficient (Wildman–Crippen LogP) is 1.78. The zero-order chi connectivity index (χ0) is 26.1. The summed E-state index contributed by atoms with van der Waals surface area (Å²) in [5, 5.41) is 3.33. The number of fused-ring (bicyclic) bond motifs is 1. The monoisotopic (exact) mass is 527 g/mol. The largest absolute Gasteiger partial charge is 0.378 e. The third kappa shape index (κ3) is 4.87. The van der Waals surface area contributed by atoms with Crippen LogP contribution in [-0.2, 0) is 9.53 Å². The number of ether oxygens (including phenoxy) is 1. The van der Waals surface area contributed by atoms with E-state index in [4.69, 9.17) is 9.72 Å². The number of piperidine rings is 1. The van der Waals surface area contributed by atoms with Gasteiger partial charge in [-0.25, -0.2) is 13.8 Å². The molecule has 0 unspecified atom stereocenters. The lowest BCUT2D eigenvalue weighted by molar-refractivity contribution is -0.134. The first-order valence-electron chi connectivity index (χ1n) is 13.2. The minimum atomic E-state index is -2.81. The van der Waals surface area contributed by atoms with E-state index in [0.29, 0.717) is 75.4 Å². The van der Waals surface area contributed by atoms with Gasteiger partial charge in [0.05, 0.1) is 30.3 Å². The number of anilines is 2. The van der Waals surface area contributed by atoms with Gasteiger partial charge >= 0.3 is 0 Å². The van der Waals surface area contributed by atoms with E-state index in [1.807, 2.05) is 14.7 Å². The van der Waals surface area contributed by atoms with Crippen molar-refractivity contribution in [2.45, 2.75) is 31.7 Å². The van der Waals surface area contributed by atoms with Crippen LogP contribution in [0.2, 0.25) is 0 Å². The summed E-state index contributed by atoms with van der Waals surface area (Å²) in [6.07, 6.45) is 0.219. The number of alkyl halides is 2. The molecule has 11 nitrogen and oxygen atoms in total. The first-order chi connectivity index (χ1) is 18.6. The van der Waals surface area contributed by atoms with Crippen LogP contribution in [0.5, 0.6) is 0 Å². The van der Waals surface area contributed by atoms with Crippen LogP contribution in [-0.4, -0.2) is 100 Å². The number of para-hydroxylation sites is 2. The molecule has 3 fully saturated rings. The average molecular weight is 528 g/mol. The first-order valence-corrected chi connectivity index (χ1v) is 13.2. The second-order valence-electron chi connectivity index (χ2n) is 9.74. The number of piperazine rings is 1. The average Bonchev–Trinajstić information content (AvgIpc) is 3.38. The minimum Gasteiger partial charge on any atom is -0.378 e. The van der Waals surface area contributed by atoms with Crippen molar-refractivity contribution in [3.63, 3.8) is 0 Å². The summed E-state index contributed by atoms with van der Waals surface area (Å²) in [5.41, 5.74) is 0.949. The van der Waals surface area contributed by atoms with Crippen LogP contribution in [0.4, 0.5) is 20.7 Å². The normalized spacial score (nSPS) is 20.9. The number of aromatic nitrogens is 5. The van der Waals surface area contributed by atoms with E-state index in [9.17, 15) is 13.6 Å². The number of nitrogens with one attached hydrogen (secondary N) is 1. The molecule has 202 valence electrons. The molecular weight excluding hydrogens is 496 g/mol. The van der Waals surface area contributed by atoms with Crippen molar-refractivity contribution in [1.29, 1.82) is 0 Å². The fraction of sp³-hybridized carbons (Fsp3) is 0.560. The van der Waals surface area contributed by atoms with Crippen LogP contribution >= 0.6 is 0 Å². The lowest BCUT2D eigenvalue weighted by atomic mass is 10.0. The fourth-order valence-electron chi connectivity index (χ4n) is 5.30.